The predicted octanol–water partition coefficient (Wildman–Crippen LogP) is 1.52. The van der Waals surface area contributed by atoms with E-state index < -0.39 is 5.97 Å². The van der Waals surface area contributed by atoms with E-state index in [4.69, 9.17) is 9.84 Å². The maximum atomic E-state index is 10.8. The summed E-state index contributed by atoms with van der Waals surface area (Å²) in [6.45, 7) is -0.0459. The Kier molecular flexibility index (Phi) is 3.20. The van der Waals surface area contributed by atoms with Crippen molar-refractivity contribution in [1.82, 2.24) is 9.59 Å². The van der Waals surface area contributed by atoms with E-state index in [-0.39, 0.29) is 28.7 Å². The third kappa shape index (κ3) is 2.51. The van der Waals surface area contributed by atoms with Crippen molar-refractivity contribution in [3.05, 3.63) is 34.8 Å². The van der Waals surface area contributed by atoms with E-state index in [1.807, 2.05) is 0 Å². The average Bonchev–Trinajstić information content (AvgIpc) is 2.76. The Morgan fingerprint density at radius 3 is 2.88 bits per heavy atom. The fourth-order valence-corrected chi connectivity index (χ4v) is 1.70. The topological polar surface area (TPSA) is 92.5 Å². The number of benzene rings is 1. The molecule has 0 atom stereocenters. The average molecular weight is 252 g/mol. The lowest BCUT2D eigenvalue weighted by Gasteiger charge is -2.05. The maximum absolute atomic E-state index is 10.8. The van der Waals surface area contributed by atoms with Crippen molar-refractivity contribution in [3.63, 3.8) is 0 Å². The maximum Gasteiger partial charge on any atom is 0.349 e. The van der Waals surface area contributed by atoms with Gasteiger partial charge in [-0.3, -0.25) is 0 Å². The van der Waals surface area contributed by atoms with E-state index in [1.54, 1.807) is 18.2 Å². The van der Waals surface area contributed by atoms with Crippen LogP contribution in [0, 0.1) is 0 Å². The first kappa shape index (κ1) is 11.3. The third-order valence-corrected chi connectivity index (χ3v) is 2.74. The summed E-state index contributed by atoms with van der Waals surface area (Å²) in [6.07, 6.45) is 0. The van der Waals surface area contributed by atoms with Gasteiger partial charge >= 0.3 is 5.97 Å². The number of para-hydroxylation sites is 2. The normalized spacial score (nSPS) is 10.1. The molecule has 0 aliphatic rings. The number of aromatic carboxylic acids is 1. The monoisotopic (exact) mass is 252 g/mol. The highest BCUT2D eigenvalue weighted by Gasteiger charge is 2.15. The Morgan fingerprint density at radius 1 is 1.41 bits per heavy atom. The van der Waals surface area contributed by atoms with Crippen LogP contribution < -0.4 is 4.74 Å². The van der Waals surface area contributed by atoms with Crippen LogP contribution in [-0.4, -0.2) is 25.8 Å². The van der Waals surface area contributed by atoms with Crippen LogP contribution in [0.25, 0.3) is 0 Å². The van der Waals surface area contributed by atoms with E-state index in [0.29, 0.717) is 0 Å². The fraction of sp³-hybridized carbons (Fsp3) is 0.100. The number of carboxylic acids is 1. The number of hydrogen-bond acceptors (Lipinski definition) is 6. The molecule has 2 N–H and O–H groups in total. The van der Waals surface area contributed by atoms with Gasteiger partial charge in [0, 0.05) is 0 Å². The van der Waals surface area contributed by atoms with Crippen molar-refractivity contribution in [2.45, 2.75) is 6.61 Å². The highest BCUT2D eigenvalue weighted by Crippen LogP contribution is 2.25. The molecule has 0 saturated carbocycles. The summed E-state index contributed by atoms with van der Waals surface area (Å²) < 4.78 is 8.81. The van der Waals surface area contributed by atoms with Crippen LogP contribution in [0.15, 0.2) is 24.3 Å². The van der Waals surface area contributed by atoms with Crippen molar-refractivity contribution in [1.29, 1.82) is 0 Å². The van der Waals surface area contributed by atoms with Gasteiger partial charge < -0.3 is 14.9 Å². The molecule has 17 heavy (non-hydrogen) atoms. The number of rotatable bonds is 4. The molecule has 0 aliphatic heterocycles. The van der Waals surface area contributed by atoms with Gasteiger partial charge in [0.1, 0.15) is 12.3 Å². The van der Waals surface area contributed by atoms with Gasteiger partial charge in [-0.05, 0) is 23.7 Å². The third-order valence-electron chi connectivity index (χ3n) is 1.98. The molecule has 1 aromatic heterocycles. The number of ether oxygens (including phenoxy) is 1. The van der Waals surface area contributed by atoms with Gasteiger partial charge in [-0.15, -0.1) is 5.10 Å². The molecule has 0 radical (unpaired) electrons. The number of nitrogens with zero attached hydrogens (tertiary/aromatic N) is 2. The lowest BCUT2D eigenvalue weighted by atomic mass is 10.3. The molecular weight excluding hydrogens is 244 g/mol. The minimum absolute atomic E-state index is 0.00689. The second-order valence-corrected chi connectivity index (χ2v) is 3.86. The SMILES string of the molecule is O=C(O)c1snnc1COc1ccccc1O. The van der Waals surface area contributed by atoms with Gasteiger partial charge in [0.05, 0.1) is 0 Å². The number of aromatic nitrogens is 2. The number of aromatic hydroxyl groups is 1. The molecule has 2 aromatic rings. The Labute approximate surface area is 100 Å². The molecule has 2 rings (SSSR count). The van der Waals surface area contributed by atoms with Crippen LogP contribution in [0.1, 0.15) is 15.4 Å². The van der Waals surface area contributed by atoms with Crippen LogP contribution >= 0.6 is 11.5 Å². The van der Waals surface area contributed by atoms with Crippen molar-refractivity contribution >= 4 is 17.5 Å². The van der Waals surface area contributed by atoms with E-state index in [9.17, 15) is 9.90 Å². The smallest absolute Gasteiger partial charge is 0.349 e. The molecule has 7 heteroatoms. The van der Waals surface area contributed by atoms with Gasteiger partial charge in [0.2, 0.25) is 0 Å². The first-order valence-corrected chi connectivity index (χ1v) is 5.41. The van der Waals surface area contributed by atoms with Crippen LogP contribution in [0.3, 0.4) is 0 Å². The quantitative estimate of drug-likeness (QED) is 0.857. The summed E-state index contributed by atoms with van der Waals surface area (Å²) in [7, 11) is 0. The molecule has 0 aliphatic carbocycles. The van der Waals surface area contributed by atoms with Gasteiger partial charge in [0.25, 0.3) is 0 Å². The Balaban J connectivity index is 2.10. The molecule has 0 spiro atoms. The molecule has 6 nitrogen and oxygen atoms in total. The molecule has 0 unspecified atom stereocenters. The second kappa shape index (κ2) is 4.79. The number of phenolic OH excluding ortho intramolecular Hbond substituents is 1. The number of hydrogen-bond donors (Lipinski definition) is 2. The molecule has 1 aromatic carbocycles. The zero-order valence-corrected chi connectivity index (χ0v) is 9.35. The summed E-state index contributed by atoms with van der Waals surface area (Å²) in [5.41, 5.74) is 0.241. The molecule has 0 saturated heterocycles. The lowest BCUT2D eigenvalue weighted by Crippen LogP contribution is -2.03. The largest absolute Gasteiger partial charge is 0.504 e. The van der Waals surface area contributed by atoms with Crippen LogP contribution in [0.4, 0.5) is 0 Å². The number of carboxylic acid groups (broad SMARTS) is 1. The summed E-state index contributed by atoms with van der Waals surface area (Å²) in [6, 6.07) is 6.42. The Bertz CT molecular complexity index is 541. The van der Waals surface area contributed by atoms with Gasteiger partial charge in [-0.1, -0.05) is 16.6 Å². The minimum Gasteiger partial charge on any atom is -0.504 e. The Hall–Kier alpha value is -2.15. The zero-order chi connectivity index (χ0) is 12.3. The van der Waals surface area contributed by atoms with E-state index in [1.165, 1.54) is 6.07 Å². The lowest BCUT2D eigenvalue weighted by molar-refractivity contribution is 0.0699. The van der Waals surface area contributed by atoms with Crippen LogP contribution in [0.5, 0.6) is 11.5 Å². The van der Waals surface area contributed by atoms with Gasteiger partial charge in [0.15, 0.2) is 16.4 Å². The van der Waals surface area contributed by atoms with E-state index in [2.05, 4.69) is 9.59 Å². The number of phenols is 1. The summed E-state index contributed by atoms with van der Waals surface area (Å²) in [5.74, 6) is -0.819. The van der Waals surface area contributed by atoms with Crippen molar-refractivity contribution in [3.8, 4) is 11.5 Å². The summed E-state index contributed by atoms with van der Waals surface area (Å²) >= 11 is 0.794. The van der Waals surface area contributed by atoms with Crippen LogP contribution in [0.2, 0.25) is 0 Å². The Morgan fingerprint density at radius 2 is 2.18 bits per heavy atom. The van der Waals surface area contributed by atoms with Crippen molar-refractivity contribution in [2.24, 2.45) is 0 Å². The zero-order valence-electron chi connectivity index (χ0n) is 8.53. The fourth-order valence-electron chi connectivity index (χ4n) is 1.19. The molecule has 0 bridgehead atoms. The van der Waals surface area contributed by atoms with E-state index in [0.717, 1.165) is 11.5 Å². The molecule has 88 valence electrons. The molecule has 1 heterocycles. The molecule has 0 fully saturated rings. The highest BCUT2D eigenvalue weighted by atomic mass is 32.1. The van der Waals surface area contributed by atoms with E-state index >= 15 is 0 Å². The predicted molar refractivity (Wildman–Crippen MR) is 59.3 cm³/mol. The first-order valence-electron chi connectivity index (χ1n) is 4.64. The highest BCUT2D eigenvalue weighted by molar-refractivity contribution is 7.07. The van der Waals surface area contributed by atoms with Crippen molar-refractivity contribution in [2.75, 3.05) is 0 Å². The first-order chi connectivity index (χ1) is 8.18. The second-order valence-electron chi connectivity index (χ2n) is 3.11. The summed E-state index contributed by atoms with van der Waals surface area (Å²) in [5, 5.41) is 21.9. The van der Waals surface area contributed by atoms with Gasteiger partial charge in [-0.2, -0.15) is 0 Å². The molecule has 0 amide bonds. The van der Waals surface area contributed by atoms with Crippen LogP contribution in [-0.2, 0) is 6.61 Å². The standard InChI is InChI=1S/C10H8N2O4S/c13-7-3-1-2-4-8(7)16-5-6-9(10(14)15)17-12-11-6/h1-4,13H,5H2,(H,14,15). The van der Waals surface area contributed by atoms with Crippen molar-refractivity contribution < 1.29 is 19.7 Å². The minimum atomic E-state index is -1.09. The summed E-state index contributed by atoms with van der Waals surface area (Å²) in [4.78, 5) is 10.8. The van der Waals surface area contributed by atoms with Gasteiger partial charge in [-0.25, -0.2) is 4.79 Å². The number of carbonyl (C=O) groups is 1. The molecular formula is C10H8N2O4S.